The molecule has 0 aliphatic carbocycles. The smallest absolute Gasteiger partial charge is 0.144 e. The van der Waals surface area contributed by atoms with Crippen molar-refractivity contribution in [2.24, 2.45) is 0 Å². The van der Waals surface area contributed by atoms with E-state index in [9.17, 15) is 4.39 Å². The minimum atomic E-state index is -0.467. The third-order valence-electron chi connectivity index (χ3n) is 3.00. The van der Waals surface area contributed by atoms with Gasteiger partial charge in [-0.25, -0.2) is 9.07 Å². The number of rotatable bonds is 1. The molecule has 90 valence electrons. The standard InChI is InChI=1S/C11H11ClFN3O/c12-8-4-11-10(5-9(8)13)14-15-16(11)7-2-1-3-17-6-7/h4-5,7H,1-3,6H2. The lowest BCUT2D eigenvalue weighted by molar-refractivity contribution is 0.0558. The molecule has 0 radical (unpaired) electrons. The molecule has 1 fully saturated rings. The van der Waals surface area contributed by atoms with Crippen LogP contribution in [0.15, 0.2) is 12.1 Å². The summed E-state index contributed by atoms with van der Waals surface area (Å²) in [7, 11) is 0. The minimum Gasteiger partial charge on any atom is -0.379 e. The molecule has 0 N–H and O–H groups in total. The molecule has 1 aliphatic rings. The van der Waals surface area contributed by atoms with Crippen molar-refractivity contribution in [2.45, 2.75) is 18.9 Å². The SMILES string of the molecule is Fc1cc2nnn(C3CCCOC3)c2cc1Cl. The first-order valence-corrected chi connectivity index (χ1v) is 5.91. The normalized spacial score (nSPS) is 20.9. The Labute approximate surface area is 102 Å². The summed E-state index contributed by atoms with van der Waals surface area (Å²) in [6, 6.07) is 3.04. The molecule has 1 aromatic carbocycles. The predicted molar refractivity (Wildman–Crippen MR) is 61.6 cm³/mol. The van der Waals surface area contributed by atoms with Crippen LogP contribution < -0.4 is 0 Å². The Balaban J connectivity index is 2.07. The molecule has 6 heteroatoms. The molecule has 3 rings (SSSR count). The van der Waals surface area contributed by atoms with Crippen LogP contribution in [0.1, 0.15) is 18.9 Å². The third-order valence-corrected chi connectivity index (χ3v) is 3.28. The zero-order chi connectivity index (χ0) is 11.8. The van der Waals surface area contributed by atoms with Crippen LogP contribution in [0.3, 0.4) is 0 Å². The van der Waals surface area contributed by atoms with Gasteiger partial charge < -0.3 is 4.74 Å². The fourth-order valence-corrected chi connectivity index (χ4v) is 2.28. The van der Waals surface area contributed by atoms with Crippen LogP contribution >= 0.6 is 11.6 Å². The van der Waals surface area contributed by atoms with Gasteiger partial charge in [0, 0.05) is 12.7 Å². The lowest BCUT2D eigenvalue weighted by Crippen LogP contribution is -2.22. The molecule has 1 atom stereocenters. The summed E-state index contributed by atoms with van der Waals surface area (Å²) in [5.74, 6) is -0.467. The molecular weight excluding hydrogens is 245 g/mol. The van der Waals surface area contributed by atoms with E-state index < -0.39 is 5.82 Å². The number of hydrogen-bond donors (Lipinski definition) is 0. The molecule has 1 saturated heterocycles. The lowest BCUT2D eigenvalue weighted by Gasteiger charge is -2.22. The van der Waals surface area contributed by atoms with Crippen molar-refractivity contribution >= 4 is 22.6 Å². The second kappa shape index (κ2) is 4.23. The quantitative estimate of drug-likeness (QED) is 0.786. The Morgan fingerprint density at radius 1 is 1.47 bits per heavy atom. The van der Waals surface area contributed by atoms with Crippen LogP contribution in [0.2, 0.25) is 5.02 Å². The number of nitrogens with zero attached hydrogens (tertiary/aromatic N) is 3. The van der Waals surface area contributed by atoms with Crippen molar-refractivity contribution in [2.75, 3.05) is 13.2 Å². The molecule has 2 aromatic rings. The summed E-state index contributed by atoms with van der Waals surface area (Å²) in [6.45, 7) is 1.41. The maximum atomic E-state index is 13.3. The zero-order valence-corrected chi connectivity index (χ0v) is 9.82. The Bertz CT molecular complexity index is 551. The van der Waals surface area contributed by atoms with Crippen LogP contribution in [0.4, 0.5) is 4.39 Å². The molecule has 4 nitrogen and oxygen atoms in total. The summed E-state index contributed by atoms with van der Waals surface area (Å²) in [5, 5.41) is 8.11. The predicted octanol–water partition coefficient (Wildman–Crippen LogP) is 2.58. The van der Waals surface area contributed by atoms with Crippen molar-refractivity contribution < 1.29 is 9.13 Å². The van der Waals surface area contributed by atoms with E-state index in [4.69, 9.17) is 16.3 Å². The van der Waals surface area contributed by atoms with E-state index in [1.165, 1.54) is 6.07 Å². The van der Waals surface area contributed by atoms with Gasteiger partial charge in [0.2, 0.25) is 0 Å². The molecule has 0 saturated carbocycles. The van der Waals surface area contributed by atoms with Crippen molar-refractivity contribution in [3.05, 3.63) is 23.0 Å². The van der Waals surface area contributed by atoms with Gasteiger partial charge in [0.15, 0.2) is 0 Å². The van der Waals surface area contributed by atoms with Crippen molar-refractivity contribution in [1.82, 2.24) is 15.0 Å². The first-order valence-electron chi connectivity index (χ1n) is 5.53. The second-order valence-corrected chi connectivity index (χ2v) is 4.57. The number of fused-ring (bicyclic) bond motifs is 1. The summed E-state index contributed by atoms with van der Waals surface area (Å²) in [4.78, 5) is 0. The highest BCUT2D eigenvalue weighted by molar-refractivity contribution is 6.31. The molecule has 1 unspecified atom stereocenters. The van der Waals surface area contributed by atoms with Gasteiger partial charge >= 0.3 is 0 Å². The highest BCUT2D eigenvalue weighted by Gasteiger charge is 2.20. The van der Waals surface area contributed by atoms with Gasteiger partial charge in [-0.2, -0.15) is 0 Å². The van der Waals surface area contributed by atoms with Gasteiger partial charge in [0.05, 0.1) is 23.2 Å². The van der Waals surface area contributed by atoms with E-state index in [1.807, 2.05) is 0 Å². The maximum absolute atomic E-state index is 13.3. The van der Waals surface area contributed by atoms with Gasteiger partial charge in [0.25, 0.3) is 0 Å². The fraction of sp³-hybridized carbons (Fsp3) is 0.455. The Hall–Kier alpha value is -1.20. The van der Waals surface area contributed by atoms with E-state index in [2.05, 4.69) is 10.3 Å². The Morgan fingerprint density at radius 2 is 2.35 bits per heavy atom. The Kier molecular flexibility index (Phi) is 2.72. The van der Waals surface area contributed by atoms with E-state index >= 15 is 0 Å². The van der Waals surface area contributed by atoms with E-state index in [1.54, 1.807) is 10.7 Å². The molecule has 17 heavy (non-hydrogen) atoms. The molecule has 2 heterocycles. The third kappa shape index (κ3) is 1.89. The molecule has 0 spiro atoms. The summed E-state index contributed by atoms with van der Waals surface area (Å²) >= 11 is 5.78. The number of aromatic nitrogens is 3. The minimum absolute atomic E-state index is 0.0952. The number of ether oxygens (including phenoxy) is 1. The lowest BCUT2D eigenvalue weighted by atomic mass is 10.1. The highest BCUT2D eigenvalue weighted by atomic mass is 35.5. The molecule has 0 bridgehead atoms. The largest absolute Gasteiger partial charge is 0.379 e. The van der Waals surface area contributed by atoms with Gasteiger partial charge in [-0.3, -0.25) is 0 Å². The van der Waals surface area contributed by atoms with Crippen molar-refractivity contribution in [1.29, 1.82) is 0 Å². The highest BCUT2D eigenvalue weighted by Crippen LogP contribution is 2.26. The van der Waals surface area contributed by atoms with Crippen molar-refractivity contribution in [3.8, 4) is 0 Å². The average molecular weight is 256 g/mol. The first-order chi connectivity index (χ1) is 8.25. The molecular formula is C11H11ClFN3O. The van der Waals surface area contributed by atoms with Crippen LogP contribution in [0.25, 0.3) is 11.0 Å². The van der Waals surface area contributed by atoms with E-state index in [0.717, 1.165) is 25.0 Å². The van der Waals surface area contributed by atoms with Gasteiger partial charge in [-0.1, -0.05) is 16.8 Å². The van der Waals surface area contributed by atoms with Crippen LogP contribution in [-0.4, -0.2) is 28.2 Å². The van der Waals surface area contributed by atoms with Crippen molar-refractivity contribution in [3.63, 3.8) is 0 Å². The molecule has 1 aliphatic heterocycles. The number of benzene rings is 1. The monoisotopic (exact) mass is 255 g/mol. The summed E-state index contributed by atoms with van der Waals surface area (Å²) < 4.78 is 20.5. The topological polar surface area (TPSA) is 39.9 Å². The summed E-state index contributed by atoms with van der Waals surface area (Å²) in [5.41, 5.74) is 1.28. The van der Waals surface area contributed by atoms with Crippen LogP contribution in [-0.2, 0) is 4.74 Å². The van der Waals surface area contributed by atoms with Gasteiger partial charge in [-0.15, -0.1) is 5.10 Å². The first kappa shape index (κ1) is 10.9. The average Bonchev–Trinajstić information content (AvgIpc) is 2.74. The molecule has 1 aromatic heterocycles. The number of halogens is 2. The van der Waals surface area contributed by atoms with Crippen LogP contribution in [0.5, 0.6) is 0 Å². The summed E-state index contributed by atoms with van der Waals surface area (Å²) in [6.07, 6.45) is 1.99. The van der Waals surface area contributed by atoms with Gasteiger partial charge in [-0.05, 0) is 18.9 Å². The molecule has 0 amide bonds. The van der Waals surface area contributed by atoms with Gasteiger partial charge in [0.1, 0.15) is 11.3 Å². The Morgan fingerprint density at radius 3 is 3.12 bits per heavy atom. The van der Waals surface area contributed by atoms with Crippen LogP contribution in [0, 0.1) is 5.82 Å². The van der Waals surface area contributed by atoms with E-state index in [0.29, 0.717) is 12.1 Å². The fourth-order valence-electron chi connectivity index (χ4n) is 2.12. The zero-order valence-electron chi connectivity index (χ0n) is 9.07. The van der Waals surface area contributed by atoms with E-state index in [-0.39, 0.29) is 11.1 Å². The maximum Gasteiger partial charge on any atom is 0.144 e. The second-order valence-electron chi connectivity index (χ2n) is 4.16. The number of hydrogen-bond acceptors (Lipinski definition) is 3.